The molecule has 0 aliphatic heterocycles. The summed E-state index contributed by atoms with van der Waals surface area (Å²) >= 11 is 0. The molecule has 0 spiro atoms. The predicted molar refractivity (Wildman–Crippen MR) is 127 cm³/mol. The van der Waals surface area contributed by atoms with Gasteiger partial charge in [-0.2, -0.15) is 0 Å². The first-order chi connectivity index (χ1) is 13.4. The van der Waals surface area contributed by atoms with Crippen LogP contribution in [0.4, 0.5) is 10.1 Å². The minimum Gasteiger partial charge on any atom is -0.357 e. The molecule has 2 aromatic rings. The number of hydrogen-bond donors (Lipinski definition) is 3. The molecule has 3 N–H and O–H groups in total. The van der Waals surface area contributed by atoms with Gasteiger partial charge in [0.15, 0.2) is 5.96 Å². The van der Waals surface area contributed by atoms with E-state index < -0.39 is 0 Å². The maximum Gasteiger partial charge on any atom is 0.246 e. The molecule has 0 bridgehead atoms. The lowest BCUT2D eigenvalue weighted by Crippen LogP contribution is -2.39. The van der Waals surface area contributed by atoms with Gasteiger partial charge in [-0.05, 0) is 56.2 Å². The van der Waals surface area contributed by atoms with Crippen LogP contribution in [0.15, 0.2) is 47.5 Å². The van der Waals surface area contributed by atoms with E-state index >= 15 is 0 Å². The fourth-order valence-corrected chi connectivity index (χ4v) is 2.52. The Hall–Kier alpha value is -2.60. The van der Waals surface area contributed by atoms with Gasteiger partial charge in [-0.15, -0.1) is 30.4 Å². The average Bonchev–Trinajstić information content (AvgIpc) is 2.68. The molecule has 0 saturated carbocycles. The van der Waals surface area contributed by atoms with Crippen LogP contribution in [0.1, 0.15) is 36.6 Å². The van der Waals surface area contributed by atoms with Gasteiger partial charge in [0.1, 0.15) is 12.4 Å². The Morgan fingerprint density at radius 3 is 2.69 bits per heavy atom. The highest BCUT2D eigenvalue weighted by atomic mass is 127. The Morgan fingerprint density at radius 1 is 1.28 bits per heavy atom. The minimum absolute atomic E-state index is 0. The summed E-state index contributed by atoms with van der Waals surface area (Å²) in [6, 6.07) is 12.0. The zero-order chi connectivity index (χ0) is 20.5. The van der Waals surface area contributed by atoms with Gasteiger partial charge in [0.05, 0.1) is 6.04 Å². The standard InChI is InChI=1S/C22H25FN4O.HI/c1-5-17-8-7-9-19(12-17)27-21(28)14-25-22(24-6-2)26-16(4)18-11-10-15(3)20(23)13-18;/h1,7-13,16H,6,14H2,2-4H3,(H,27,28)(H2,24,25,26);1H. The number of aliphatic imine (C=N–C) groups is 1. The third kappa shape index (κ3) is 7.74. The number of aryl methyl sites for hydroxylation is 1. The van der Waals surface area contributed by atoms with Crippen LogP contribution in [0, 0.1) is 25.1 Å². The number of nitrogens with one attached hydrogen (secondary N) is 3. The van der Waals surface area contributed by atoms with E-state index in [1.165, 1.54) is 6.07 Å². The second kappa shape index (κ2) is 12.1. The molecule has 1 amide bonds. The number of guanidine groups is 1. The highest BCUT2D eigenvalue weighted by Crippen LogP contribution is 2.16. The van der Waals surface area contributed by atoms with Crippen LogP contribution in [-0.2, 0) is 4.79 Å². The molecule has 0 aromatic heterocycles. The minimum atomic E-state index is -0.264. The van der Waals surface area contributed by atoms with Gasteiger partial charge in [0, 0.05) is 17.8 Å². The van der Waals surface area contributed by atoms with Gasteiger partial charge in [-0.3, -0.25) is 4.79 Å². The zero-order valence-corrected chi connectivity index (χ0v) is 19.1. The van der Waals surface area contributed by atoms with E-state index in [4.69, 9.17) is 6.42 Å². The highest BCUT2D eigenvalue weighted by Gasteiger charge is 2.10. The topological polar surface area (TPSA) is 65.5 Å². The van der Waals surface area contributed by atoms with Crippen molar-refractivity contribution in [2.75, 3.05) is 18.4 Å². The SMILES string of the molecule is C#Cc1cccc(NC(=O)CN=C(NCC)NC(C)c2ccc(C)c(F)c2)c1.I. The number of anilines is 1. The normalized spacial score (nSPS) is 11.6. The molecule has 154 valence electrons. The number of amides is 1. The monoisotopic (exact) mass is 508 g/mol. The van der Waals surface area contributed by atoms with Crippen LogP contribution in [0.2, 0.25) is 0 Å². The second-order valence-electron chi connectivity index (χ2n) is 6.34. The molecule has 1 atom stereocenters. The maximum absolute atomic E-state index is 13.8. The van der Waals surface area contributed by atoms with Gasteiger partial charge < -0.3 is 16.0 Å². The van der Waals surface area contributed by atoms with E-state index in [1.807, 2.05) is 19.9 Å². The molecule has 1 unspecified atom stereocenters. The summed E-state index contributed by atoms with van der Waals surface area (Å²) < 4.78 is 13.8. The fraction of sp³-hybridized carbons (Fsp3) is 0.273. The predicted octanol–water partition coefficient (Wildman–Crippen LogP) is 3.99. The summed E-state index contributed by atoms with van der Waals surface area (Å²) in [6.45, 7) is 6.12. The number of nitrogens with zero attached hydrogens (tertiary/aromatic N) is 1. The lowest BCUT2D eigenvalue weighted by atomic mass is 10.1. The first-order valence-corrected chi connectivity index (χ1v) is 9.10. The molecule has 0 radical (unpaired) electrons. The average molecular weight is 508 g/mol. The summed E-state index contributed by atoms with van der Waals surface area (Å²) in [5.74, 6) is 2.49. The molecule has 7 heteroatoms. The van der Waals surface area contributed by atoms with Crippen molar-refractivity contribution < 1.29 is 9.18 Å². The van der Waals surface area contributed by atoms with Crippen molar-refractivity contribution in [1.82, 2.24) is 10.6 Å². The smallest absolute Gasteiger partial charge is 0.246 e. The lowest BCUT2D eigenvalue weighted by Gasteiger charge is -2.18. The molecule has 0 aliphatic rings. The van der Waals surface area contributed by atoms with Crippen LogP contribution in [0.5, 0.6) is 0 Å². The van der Waals surface area contributed by atoms with Crippen LogP contribution in [-0.4, -0.2) is 25.0 Å². The van der Waals surface area contributed by atoms with E-state index in [0.717, 1.165) is 5.56 Å². The fourth-order valence-electron chi connectivity index (χ4n) is 2.52. The Labute approximate surface area is 188 Å². The van der Waals surface area contributed by atoms with Crippen LogP contribution in [0.25, 0.3) is 0 Å². The van der Waals surface area contributed by atoms with E-state index in [1.54, 1.807) is 37.3 Å². The summed E-state index contributed by atoms with van der Waals surface area (Å²) in [4.78, 5) is 16.5. The lowest BCUT2D eigenvalue weighted by molar-refractivity contribution is -0.114. The molecule has 0 fully saturated rings. The molecular formula is C22H26FIN4O. The molecular weight excluding hydrogens is 482 g/mol. The van der Waals surface area contributed by atoms with E-state index in [9.17, 15) is 9.18 Å². The van der Waals surface area contributed by atoms with Gasteiger partial charge >= 0.3 is 0 Å². The molecule has 2 aromatic carbocycles. The second-order valence-corrected chi connectivity index (χ2v) is 6.34. The molecule has 0 aliphatic carbocycles. The van der Waals surface area contributed by atoms with Crippen molar-refractivity contribution in [3.63, 3.8) is 0 Å². The molecule has 2 rings (SSSR count). The highest BCUT2D eigenvalue weighted by molar-refractivity contribution is 14.0. The number of carbonyl (C=O) groups excluding carboxylic acids is 1. The largest absolute Gasteiger partial charge is 0.357 e. The quantitative estimate of drug-likeness (QED) is 0.239. The summed E-state index contributed by atoms with van der Waals surface area (Å²) in [5, 5.41) is 9.04. The van der Waals surface area contributed by atoms with Crippen molar-refractivity contribution in [1.29, 1.82) is 0 Å². The first-order valence-electron chi connectivity index (χ1n) is 9.10. The Morgan fingerprint density at radius 2 is 2.03 bits per heavy atom. The third-order valence-electron chi connectivity index (χ3n) is 4.09. The van der Waals surface area contributed by atoms with Crippen LogP contribution < -0.4 is 16.0 Å². The third-order valence-corrected chi connectivity index (χ3v) is 4.09. The van der Waals surface area contributed by atoms with Gasteiger partial charge in [0.2, 0.25) is 5.91 Å². The van der Waals surface area contributed by atoms with Gasteiger partial charge in [-0.25, -0.2) is 9.38 Å². The van der Waals surface area contributed by atoms with Crippen molar-refractivity contribution in [3.8, 4) is 12.3 Å². The number of terminal acetylenes is 1. The van der Waals surface area contributed by atoms with Crippen molar-refractivity contribution >= 4 is 41.5 Å². The van der Waals surface area contributed by atoms with Gasteiger partial charge in [0.25, 0.3) is 0 Å². The van der Waals surface area contributed by atoms with Crippen molar-refractivity contribution in [2.24, 2.45) is 4.99 Å². The van der Waals surface area contributed by atoms with E-state index in [2.05, 4.69) is 26.9 Å². The van der Waals surface area contributed by atoms with Crippen molar-refractivity contribution in [3.05, 3.63) is 65.0 Å². The molecule has 5 nitrogen and oxygen atoms in total. The maximum atomic E-state index is 13.8. The summed E-state index contributed by atoms with van der Waals surface area (Å²) in [6.07, 6.45) is 5.37. The molecule has 0 heterocycles. The molecule has 29 heavy (non-hydrogen) atoms. The number of rotatable bonds is 6. The zero-order valence-electron chi connectivity index (χ0n) is 16.8. The molecule has 0 saturated heterocycles. The Balaban J connectivity index is 0.00000420. The van der Waals surface area contributed by atoms with Crippen LogP contribution >= 0.6 is 24.0 Å². The number of hydrogen-bond acceptors (Lipinski definition) is 2. The van der Waals surface area contributed by atoms with Crippen LogP contribution in [0.3, 0.4) is 0 Å². The van der Waals surface area contributed by atoms with Gasteiger partial charge in [-0.1, -0.05) is 24.1 Å². The van der Waals surface area contributed by atoms with E-state index in [-0.39, 0.29) is 48.3 Å². The first kappa shape index (κ1) is 24.4. The van der Waals surface area contributed by atoms with E-state index in [0.29, 0.717) is 29.3 Å². The Bertz CT molecular complexity index is 908. The summed E-state index contributed by atoms with van der Waals surface area (Å²) in [5.41, 5.74) is 2.71. The number of halogens is 2. The van der Waals surface area contributed by atoms with Crippen molar-refractivity contribution in [2.45, 2.75) is 26.8 Å². The number of benzene rings is 2. The summed E-state index contributed by atoms with van der Waals surface area (Å²) in [7, 11) is 0. The Kier molecular flexibility index (Phi) is 10.2. The number of carbonyl (C=O) groups is 1.